The van der Waals surface area contributed by atoms with Crippen LogP contribution in [0, 0.1) is 10.1 Å². The summed E-state index contributed by atoms with van der Waals surface area (Å²) in [5, 5.41) is 22.9. The molecule has 2 aromatic rings. The highest BCUT2D eigenvalue weighted by atomic mass is 32.2. The number of hydrogen-bond donors (Lipinski definition) is 3. The van der Waals surface area contributed by atoms with Gasteiger partial charge in [-0.1, -0.05) is 12.1 Å². The number of sulfonamides is 1. The van der Waals surface area contributed by atoms with Crippen LogP contribution in [0.15, 0.2) is 41.3 Å². The summed E-state index contributed by atoms with van der Waals surface area (Å²) in [5.41, 5.74) is 2.87. The molecule has 0 bridgehead atoms. The third-order valence-electron chi connectivity index (χ3n) is 4.23. The Bertz CT molecular complexity index is 943. The van der Waals surface area contributed by atoms with Crippen molar-refractivity contribution >= 4 is 27.1 Å². The Morgan fingerprint density at radius 1 is 1.32 bits per heavy atom. The van der Waals surface area contributed by atoms with Crippen LogP contribution in [0.1, 0.15) is 24.1 Å². The van der Waals surface area contributed by atoms with Crippen molar-refractivity contribution in [3.63, 3.8) is 0 Å². The molecule has 1 unspecified atom stereocenters. The van der Waals surface area contributed by atoms with Crippen molar-refractivity contribution in [2.45, 2.75) is 24.3 Å². The van der Waals surface area contributed by atoms with Crippen LogP contribution < -0.4 is 15.8 Å². The zero-order valence-corrected chi connectivity index (χ0v) is 14.3. The van der Waals surface area contributed by atoms with Crippen molar-refractivity contribution in [3.05, 3.63) is 57.6 Å². The second-order valence-corrected chi connectivity index (χ2v) is 7.46. The van der Waals surface area contributed by atoms with E-state index in [4.69, 9.17) is 5.14 Å². The summed E-state index contributed by atoms with van der Waals surface area (Å²) in [7, 11) is -3.81. The largest absolute Gasteiger partial charge is 0.384 e. The van der Waals surface area contributed by atoms with E-state index in [-0.39, 0.29) is 16.6 Å². The van der Waals surface area contributed by atoms with Crippen molar-refractivity contribution in [3.8, 4) is 0 Å². The van der Waals surface area contributed by atoms with Gasteiger partial charge in [-0.05, 0) is 37.1 Å². The number of nitrogens with one attached hydrogen (secondary N) is 2. The minimum atomic E-state index is -3.81. The maximum Gasteiger partial charge on any atom is 0.292 e. The number of nitro benzene ring substituents is 1. The smallest absolute Gasteiger partial charge is 0.292 e. The highest BCUT2D eigenvalue weighted by molar-refractivity contribution is 7.89. The molecule has 4 N–H and O–H groups in total. The van der Waals surface area contributed by atoms with E-state index >= 15 is 0 Å². The first-order chi connectivity index (χ1) is 11.8. The highest BCUT2D eigenvalue weighted by Crippen LogP contribution is 2.38. The van der Waals surface area contributed by atoms with Crippen LogP contribution in [-0.2, 0) is 16.4 Å². The molecule has 0 saturated carbocycles. The number of rotatable bonds is 5. The van der Waals surface area contributed by atoms with Crippen LogP contribution in [0.2, 0.25) is 0 Å². The lowest BCUT2D eigenvalue weighted by Gasteiger charge is -2.18. The average Bonchev–Trinajstić information content (AvgIpc) is 3.03. The van der Waals surface area contributed by atoms with Crippen molar-refractivity contribution in [1.82, 2.24) is 0 Å². The Labute approximate surface area is 145 Å². The summed E-state index contributed by atoms with van der Waals surface area (Å²) in [6.07, 6.45) is 0.684. The van der Waals surface area contributed by atoms with Crippen LogP contribution >= 0.6 is 0 Å². The summed E-state index contributed by atoms with van der Waals surface area (Å²) >= 11 is 0. The van der Waals surface area contributed by atoms with Gasteiger partial charge < -0.3 is 10.6 Å². The quantitative estimate of drug-likeness (QED) is 0.553. The third-order valence-corrected chi connectivity index (χ3v) is 5.14. The number of nitrogens with zero attached hydrogens (tertiary/aromatic N) is 1. The van der Waals surface area contributed by atoms with Gasteiger partial charge in [0.15, 0.2) is 0 Å². The van der Waals surface area contributed by atoms with Gasteiger partial charge in [0.25, 0.3) is 5.69 Å². The summed E-state index contributed by atoms with van der Waals surface area (Å²) in [5.74, 6) is 0. The first-order valence-corrected chi connectivity index (χ1v) is 9.25. The molecule has 132 valence electrons. The summed E-state index contributed by atoms with van der Waals surface area (Å²) in [4.78, 5) is 11.0. The second kappa shape index (κ2) is 6.34. The van der Waals surface area contributed by atoms with Crippen LogP contribution in [0.4, 0.5) is 17.1 Å². The summed E-state index contributed by atoms with van der Waals surface area (Å²) in [6, 6.07) is 9.06. The first kappa shape index (κ1) is 17.2. The zero-order valence-electron chi connectivity index (χ0n) is 13.5. The van der Waals surface area contributed by atoms with Gasteiger partial charge in [0.05, 0.1) is 9.82 Å². The molecule has 1 aliphatic rings. The van der Waals surface area contributed by atoms with Gasteiger partial charge in [-0.15, -0.1) is 0 Å². The molecule has 1 atom stereocenters. The predicted octanol–water partition coefficient (Wildman–Crippen LogP) is 2.38. The van der Waals surface area contributed by atoms with Crippen LogP contribution in [0.5, 0.6) is 0 Å². The highest BCUT2D eigenvalue weighted by Gasteiger charge is 2.25. The molecule has 0 aromatic heterocycles. The molecule has 2 aromatic carbocycles. The molecule has 0 spiro atoms. The second-order valence-electron chi connectivity index (χ2n) is 5.90. The third kappa shape index (κ3) is 3.42. The van der Waals surface area contributed by atoms with E-state index in [1.54, 1.807) is 18.2 Å². The molecule has 0 radical (unpaired) electrons. The minimum Gasteiger partial charge on any atom is -0.384 e. The Hall–Kier alpha value is -2.65. The van der Waals surface area contributed by atoms with Crippen molar-refractivity contribution in [1.29, 1.82) is 0 Å². The monoisotopic (exact) mass is 362 g/mol. The van der Waals surface area contributed by atoms with Crippen molar-refractivity contribution in [2.24, 2.45) is 5.14 Å². The fraction of sp³-hybridized carbons (Fsp3) is 0.250. The topological polar surface area (TPSA) is 127 Å². The molecule has 0 aliphatic carbocycles. The molecule has 1 heterocycles. The number of anilines is 2. The maximum atomic E-state index is 11.5. The lowest BCUT2D eigenvalue weighted by atomic mass is 10.0. The fourth-order valence-electron chi connectivity index (χ4n) is 2.96. The number of primary sulfonamides is 1. The Morgan fingerprint density at radius 3 is 2.76 bits per heavy atom. The molecule has 1 aliphatic heterocycles. The van der Waals surface area contributed by atoms with E-state index in [0.717, 1.165) is 17.8 Å². The predicted molar refractivity (Wildman–Crippen MR) is 95.1 cm³/mol. The first-order valence-electron chi connectivity index (χ1n) is 7.71. The molecule has 0 saturated heterocycles. The number of benzene rings is 2. The number of nitrogens with two attached hydrogens (primary N) is 1. The Balaban J connectivity index is 1.98. The zero-order chi connectivity index (χ0) is 18.2. The van der Waals surface area contributed by atoms with E-state index in [1.807, 2.05) is 6.92 Å². The normalized spacial score (nSPS) is 14.5. The minimum absolute atomic E-state index is 0.00287. The molecule has 8 nitrogen and oxygen atoms in total. The summed E-state index contributed by atoms with van der Waals surface area (Å²) in [6.45, 7) is 2.54. The molecular formula is C16H18N4O4S. The van der Waals surface area contributed by atoms with E-state index < -0.39 is 14.9 Å². The molecule has 9 heteroatoms. The summed E-state index contributed by atoms with van der Waals surface area (Å²) < 4.78 is 23.0. The van der Waals surface area contributed by atoms with Crippen molar-refractivity contribution in [2.75, 3.05) is 17.2 Å². The van der Waals surface area contributed by atoms with Gasteiger partial charge in [0.1, 0.15) is 5.69 Å². The lowest BCUT2D eigenvalue weighted by molar-refractivity contribution is -0.384. The Kier molecular flexibility index (Phi) is 4.36. The molecule has 3 rings (SSSR count). The average molecular weight is 362 g/mol. The number of fused-ring (bicyclic) bond motifs is 1. The van der Waals surface area contributed by atoms with Crippen molar-refractivity contribution < 1.29 is 13.3 Å². The van der Waals surface area contributed by atoms with Gasteiger partial charge in [-0.2, -0.15) is 0 Å². The van der Waals surface area contributed by atoms with E-state index in [0.29, 0.717) is 17.7 Å². The molecule has 0 fully saturated rings. The fourth-order valence-corrected chi connectivity index (χ4v) is 3.53. The van der Waals surface area contributed by atoms with Gasteiger partial charge in [-0.3, -0.25) is 10.1 Å². The van der Waals surface area contributed by atoms with Crippen LogP contribution in [0.3, 0.4) is 0 Å². The number of nitro groups is 1. The maximum absolute atomic E-state index is 11.5. The SMILES string of the molecule is CC(Nc1c([N+](=O)[O-])ccc2c1CCN2)c1cccc(S(N)(=O)=O)c1. The van der Waals surface area contributed by atoms with E-state index in [1.165, 1.54) is 18.2 Å². The van der Waals surface area contributed by atoms with Gasteiger partial charge in [0.2, 0.25) is 10.0 Å². The van der Waals surface area contributed by atoms with Gasteiger partial charge in [-0.25, -0.2) is 13.6 Å². The lowest BCUT2D eigenvalue weighted by Crippen LogP contribution is -2.14. The molecule has 0 amide bonds. The standard InChI is InChI=1S/C16H18N4O4S/c1-10(11-3-2-4-12(9-11)25(17,23)24)19-16-13-7-8-18-14(13)5-6-15(16)20(21)22/h2-6,9-10,18-19H,7-8H2,1H3,(H2,17,23,24). The van der Waals surface area contributed by atoms with E-state index in [2.05, 4.69) is 10.6 Å². The van der Waals surface area contributed by atoms with Crippen LogP contribution in [0.25, 0.3) is 0 Å². The Morgan fingerprint density at radius 2 is 2.08 bits per heavy atom. The number of hydrogen-bond acceptors (Lipinski definition) is 6. The molecular weight excluding hydrogens is 344 g/mol. The van der Waals surface area contributed by atoms with Gasteiger partial charge >= 0.3 is 0 Å². The molecule has 25 heavy (non-hydrogen) atoms. The van der Waals surface area contributed by atoms with E-state index in [9.17, 15) is 18.5 Å². The van der Waals surface area contributed by atoms with Crippen LogP contribution in [-0.4, -0.2) is 19.9 Å². The van der Waals surface area contributed by atoms with Gasteiger partial charge in [0, 0.05) is 29.9 Å².